The summed E-state index contributed by atoms with van der Waals surface area (Å²) in [7, 11) is 0. The van der Waals surface area contributed by atoms with Crippen molar-refractivity contribution in [1.29, 1.82) is 0 Å². The summed E-state index contributed by atoms with van der Waals surface area (Å²) in [5, 5.41) is 10.7. The second-order valence-electron chi connectivity index (χ2n) is 1.49. The van der Waals surface area contributed by atoms with Crippen LogP contribution in [0, 0.1) is 6.92 Å². The minimum atomic E-state index is -0.760. The molecule has 0 aromatic rings. The van der Waals surface area contributed by atoms with E-state index in [1.807, 2.05) is 0 Å². The van der Waals surface area contributed by atoms with E-state index in [1.165, 1.54) is 6.92 Å². The van der Waals surface area contributed by atoms with Crippen LogP contribution in [0.5, 0.6) is 0 Å². The molecule has 0 bridgehead atoms. The van der Waals surface area contributed by atoms with Gasteiger partial charge in [-0.05, 0) is 13.8 Å². The van der Waals surface area contributed by atoms with Gasteiger partial charge in [-0.25, -0.2) is 0 Å². The van der Waals surface area contributed by atoms with Crippen molar-refractivity contribution in [3.63, 3.8) is 0 Å². The highest BCUT2D eigenvalue weighted by molar-refractivity contribution is 5.76. The molecule has 1 atom stereocenters. The normalized spacial score (nSPS) is 12.9. The second-order valence-corrected chi connectivity index (χ2v) is 1.49. The van der Waals surface area contributed by atoms with E-state index >= 15 is 0 Å². The molecule has 0 aromatic heterocycles. The molecule has 3 heteroatoms. The zero-order valence-electron chi connectivity index (χ0n) is 4.85. The van der Waals surface area contributed by atoms with E-state index in [0.717, 1.165) is 0 Å². The molecule has 0 aromatic carbocycles. The van der Waals surface area contributed by atoms with Gasteiger partial charge in [-0.3, -0.25) is 4.79 Å². The van der Waals surface area contributed by atoms with Gasteiger partial charge in [0.25, 0.3) is 0 Å². The lowest BCUT2D eigenvalue weighted by Crippen LogP contribution is -2.31. The zero-order valence-corrected chi connectivity index (χ0v) is 4.85. The van der Waals surface area contributed by atoms with Crippen LogP contribution in [-0.2, 0) is 4.79 Å². The molecule has 1 unspecified atom stereocenters. The average molecular weight is 116 g/mol. The van der Waals surface area contributed by atoms with Crippen LogP contribution in [0.2, 0.25) is 0 Å². The van der Waals surface area contributed by atoms with Gasteiger partial charge in [0.2, 0.25) is 5.91 Å². The Morgan fingerprint density at radius 2 is 2.50 bits per heavy atom. The van der Waals surface area contributed by atoms with Crippen LogP contribution < -0.4 is 5.32 Å². The Kier molecular flexibility index (Phi) is 3.19. The molecule has 0 heterocycles. The molecule has 0 rings (SSSR count). The highest BCUT2D eigenvalue weighted by atomic mass is 16.3. The number of nitrogens with one attached hydrogen (secondary N) is 1. The number of carbonyl (C=O) groups is 1. The van der Waals surface area contributed by atoms with Gasteiger partial charge in [0.05, 0.1) is 0 Å². The molecule has 0 aliphatic carbocycles. The maximum absolute atomic E-state index is 10.3. The molecule has 0 aliphatic heterocycles. The van der Waals surface area contributed by atoms with Gasteiger partial charge < -0.3 is 10.4 Å². The van der Waals surface area contributed by atoms with E-state index in [-0.39, 0.29) is 12.3 Å². The Hall–Kier alpha value is -0.570. The fourth-order valence-corrected chi connectivity index (χ4v) is 0.305. The monoisotopic (exact) mass is 116 g/mol. The minimum Gasteiger partial charge on any atom is -0.374 e. The maximum atomic E-state index is 10.3. The van der Waals surface area contributed by atoms with E-state index in [0.29, 0.717) is 0 Å². The van der Waals surface area contributed by atoms with Crippen LogP contribution in [0.3, 0.4) is 0 Å². The molecule has 0 aliphatic rings. The molecule has 0 spiro atoms. The summed E-state index contributed by atoms with van der Waals surface area (Å²) < 4.78 is 0. The third-order valence-corrected chi connectivity index (χ3v) is 0.597. The van der Waals surface area contributed by atoms with Crippen LogP contribution in [0.25, 0.3) is 0 Å². The summed E-state index contributed by atoms with van der Waals surface area (Å²) >= 11 is 0. The maximum Gasteiger partial charge on any atom is 0.221 e. The van der Waals surface area contributed by atoms with E-state index < -0.39 is 6.23 Å². The van der Waals surface area contributed by atoms with Gasteiger partial charge in [-0.15, -0.1) is 0 Å². The van der Waals surface area contributed by atoms with E-state index in [1.54, 1.807) is 0 Å². The molecule has 1 amide bonds. The Balaban J connectivity index is 3.25. The van der Waals surface area contributed by atoms with Gasteiger partial charge in [-0.1, -0.05) is 0 Å². The third-order valence-electron chi connectivity index (χ3n) is 0.597. The Bertz CT molecular complexity index is 80.5. The number of amides is 1. The molecule has 3 nitrogen and oxygen atoms in total. The van der Waals surface area contributed by atoms with Gasteiger partial charge in [0, 0.05) is 6.42 Å². The quantitative estimate of drug-likeness (QED) is 0.485. The fourth-order valence-electron chi connectivity index (χ4n) is 0.305. The number of hydrogen-bond donors (Lipinski definition) is 2. The second kappa shape index (κ2) is 3.43. The van der Waals surface area contributed by atoms with Gasteiger partial charge in [-0.2, -0.15) is 0 Å². The van der Waals surface area contributed by atoms with Gasteiger partial charge in [0.15, 0.2) is 0 Å². The Labute approximate surface area is 48.7 Å². The molecule has 0 saturated carbocycles. The summed E-state index contributed by atoms with van der Waals surface area (Å²) in [6.45, 7) is 4.80. The predicted octanol–water partition coefficient (Wildman–Crippen LogP) is -0.335. The molecular weight excluding hydrogens is 106 g/mol. The van der Waals surface area contributed by atoms with Crippen LogP contribution >= 0.6 is 0 Å². The molecule has 47 valence electrons. The lowest BCUT2D eigenvalue weighted by molar-refractivity contribution is -0.122. The van der Waals surface area contributed by atoms with Gasteiger partial charge >= 0.3 is 0 Å². The SMILES string of the molecule is [CH2]CC(=O)NC(C)O. The summed E-state index contributed by atoms with van der Waals surface area (Å²) in [5.41, 5.74) is 0. The zero-order chi connectivity index (χ0) is 6.57. The van der Waals surface area contributed by atoms with Crippen LogP contribution in [-0.4, -0.2) is 17.2 Å². The first kappa shape index (κ1) is 7.43. The minimum absolute atomic E-state index is 0.172. The largest absolute Gasteiger partial charge is 0.374 e. The van der Waals surface area contributed by atoms with E-state index in [2.05, 4.69) is 12.2 Å². The molecule has 0 saturated heterocycles. The van der Waals surface area contributed by atoms with Crippen molar-refractivity contribution in [2.45, 2.75) is 19.6 Å². The molecule has 1 radical (unpaired) electrons. The van der Waals surface area contributed by atoms with E-state index in [9.17, 15) is 4.79 Å². The molecule has 8 heavy (non-hydrogen) atoms. The standard InChI is InChI=1S/C5H10NO2/c1-3-5(8)6-4(2)7/h4,7H,1,3H2,2H3,(H,6,8). The fraction of sp³-hybridized carbons (Fsp3) is 0.600. The average Bonchev–Trinajstić information content (AvgIpc) is 1.65. The lowest BCUT2D eigenvalue weighted by atomic mass is 10.4. The summed E-state index contributed by atoms with van der Waals surface area (Å²) in [4.78, 5) is 10.3. The summed E-state index contributed by atoms with van der Waals surface area (Å²) in [6.07, 6.45) is -0.588. The van der Waals surface area contributed by atoms with Gasteiger partial charge in [0.1, 0.15) is 6.23 Å². The number of aliphatic hydroxyl groups is 1. The summed E-state index contributed by atoms with van der Waals surface area (Å²) in [5.74, 6) is -0.236. The number of aliphatic hydroxyl groups excluding tert-OH is 1. The lowest BCUT2D eigenvalue weighted by Gasteiger charge is -2.03. The van der Waals surface area contributed by atoms with Crippen molar-refractivity contribution in [2.24, 2.45) is 0 Å². The molecule has 2 N–H and O–H groups in total. The van der Waals surface area contributed by atoms with Crippen molar-refractivity contribution in [2.75, 3.05) is 0 Å². The Morgan fingerprint density at radius 1 is 2.00 bits per heavy atom. The predicted molar refractivity (Wildman–Crippen MR) is 29.8 cm³/mol. The smallest absolute Gasteiger partial charge is 0.221 e. The first-order chi connectivity index (χ1) is 3.66. The van der Waals surface area contributed by atoms with Crippen LogP contribution in [0.1, 0.15) is 13.3 Å². The van der Waals surface area contributed by atoms with Crippen molar-refractivity contribution < 1.29 is 9.90 Å². The highest BCUT2D eigenvalue weighted by Gasteiger charge is 1.97. The van der Waals surface area contributed by atoms with Crippen molar-refractivity contribution in [3.8, 4) is 0 Å². The molecular formula is C5H10NO2. The first-order valence-electron chi connectivity index (χ1n) is 2.43. The molecule has 0 fully saturated rings. The topological polar surface area (TPSA) is 49.3 Å². The van der Waals surface area contributed by atoms with Crippen molar-refractivity contribution in [1.82, 2.24) is 5.32 Å². The Morgan fingerprint density at radius 3 is 2.62 bits per heavy atom. The highest BCUT2D eigenvalue weighted by Crippen LogP contribution is 1.76. The number of hydrogen-bond acceptors (Lipinski definition) is 2. The summed E-state index contributed by atoms with van der Waals surface area (Å²) in [6, 6.07) is 0. The van der Waals surface area contributed by atoms with E-state index in [4.69, 9.17) is 5.11 Å². The van der Waals surface area contributed by atoms with Crippen molar-refractivity contribution in [3.05, 3.63) is 6.92 Å². The first-order valence-corrected chi connectivity index (χ1v) is 2.43. The number of rotatable bonds is 2. The third kappa shape index (κ3) is 3.61. The van der Waals surface area contributed by atoms with Crippen LogP contribution in [0.4, 0.5) is 0 Å². The number of carbonyl (C=O) groups excluding carboxylic acids is 1. The van der Waals surface area contributed by atoms with Crippen molar-refractivity contribution >= 4 is 5.91 Å². The van der Waals surface area contributed by atoms with Crippen LogP contribution in [0.15, 0.2) is 0 Å².